The SMILES string of the molecule is CCCCNC(=O)[C@H](CC)N(Cc1ccc(Cl)cc1Cl)C(=O)CN(c1ccc2c(c1)OCO2)S(=O)(=O)CC. The van der Waals surface area contributed by atoms with Crippen molar-refractivity contribution < 1.29 is 27.5 Å². The molecule has 0 saturated heterocycles. The third-order valence-electron chi connectivity index (χ3n) is 6.19. The van der Waals surface area contributed by atoms with Gasteiger partial charge < -0.3 is 19.7 Å². The second-order valence-corrected chi connectivity index (χ2v) is 11.8. The molecule has 0 bridgehead atoms. The first-order valence-corrected chi connectivity index (χ1v) is 14.9. The van der Waals surface area contributed by atoms with Crippen molar-refractivity contribution in [1.29, 1.82) is 0 Å². The first-order chi connectivity index (χ1) is 18.1. The Morgan fingerprint density at radius 3 is 2.45 bits per heavy atom. The highest BCUT2D eigenvalue weighted by Crippen LogP contribution is 2.36. The number of amides is 2. The highest BCUT2D eigenvalue weighted by atomic mass is 35.5. The normalized spacial score (nSPS) is 13.2. The smallest absolute Gasteiger partial charge is 0.244 e. The summed E-state index contributed by atoms with van der Waals surface area (Å²) in [6, 6.07) is 8.74. The van der Waals surface area contributed by atoms with E-state index >= 15 is 0 Å². The number of hydrogen-bond donors (Lipinski definition) is 1. The molecule has 12 heteroatoms. The number of sulfonamides is 1. The molecule has 0 spiro atoms. The van der Waals surface area contributed by atoms with Gasteiger partial charge in [-0.15, -0.1) is 0 Å². The predicted molar refractivity (Wildman–Crippen MR) is 148 cm³/mol. The van der Waals surface area contributed by atoms with Gasteiger partial charge in [-0.1, -0.05) is 49.5 Å². The van der Waals surface area contributed by atoms with Gasteiger partial charge in [0.05, 0.1) is 11.4 Å². The van der Waals surface area contributed by atoms with E-state index in [4.69, 9.17) is 32.7 Å². The van der Waals surface area contributed by atoms with Gasteiger partial charge in [0, 0.05) is 29.2 Å². The molecule has 3 rings (SSSR count). The Hall–Kier alpha value is -2.69. The van der Waals surface area contributed by atoms with E-state index in [0.717, 1.165) is 17.1 Å². The lowest BCUT2D eigenvalue weighted by atomic mass is 10.1. The van der Waals surface area contributed by atoms with Crippen LogP contribution < -0.4 is 19.1 Å². The second kappa shape index (κ2) is 13.4. The average molecular weight is 587 g/mol. The number of fused-ring (bicyclic) bond motifs is 1. The van der Waals surface area contributed by atoms with Gasteiger partial charge in [-0.3, -0.25) is 13.9 Å². The fourth-order valence-corrected chi connectivity index (χ4v) is 5.54. The summed E-state index contributed by atoms with van der Waals surface area (Å²) in [4.78, 5) is 28.4. The number of halogens is 2. The average Bonchev–Trinajstić information content (AvgIpc) is 3.36. The van der Waals surface area contributed by atoms with Gasteiger partial charge in [0.2, 0.25) is 28.6 Å². The molecular formula is C26H33Cl2N3O6S. The largest absolute Gasteiger partial charge is 0.454 e. The lowest BCUT2D eigenvalue weighted by Gasteiger charge is -2.33. The molecule has 1 heterocycles. The van der Waals surface area contributed by atoms with E-state index in [1.54, 1.807) is 37.3 Å². The minimum Gasteiger partial charge on any atom is -0.454 e. The molecule has 2 aromatic carbocycles. The first kappa shape index (κ1) is 29.9. The van der Waals surface area contributed by atoms with Gasteiger partial charge in [0.1, 0.15) is 12.6 Å². The summed E-state index contributed by atoms with van der Waals surface area (Å²) in [6.45, 7) is 5.30. The Morgan fingerprint density at radius 2 is 1.79 bits per heavy atom. The lowest BCUT2D eigenvalue weighted by molar-refractivity contribution is -0.140. The van der Waals surface area contributed by atoms with Crippen molar-refractivity contribution in [2.45, 2.75) is 52.6 Å². The van der Waals surface area contributed by atoms with Gasteiger partial charge >= 0.3 is 0 Å². The van der Waals surface area contributed by atoms with Crippen LogP contribution in [0.15, 0.2) is 36.4 Å². The maximum atomic E-state index is 13.9. The van der Waals surface area contributed by atoms with Crippen molar-refractivity contribution in [3.63, 3.8) is 0 Å². The Bertz CT molecular complexity index is 1260. The van der Waals surface area contributed by atoms with Crippen LogP contribution in [-0.2, 0) is 26.2 Å². The Morgan fingerprint density at radius 1 is 1.05 bits per heavy atom. The number of carbonyl (C=O) groups is 2. The summed E-state index contributed by atoms with van der Waals surface area (Å²) in [7, 11) is -3.87. The topological polar surface area (TPSA) is 105 Å². The van der Waals surface area contributed by atoms with E-state index in [1.165, 1.54) is 17.9 Å². The molecule has 9 nitrogen and oxygen atoms in total. The minimum absolute atomic E-state index is 0.00427. The zero-order chi connectivity index (χ0) is 27.9. The summed E-state index contributed by atoms with van der Waals surface area (Å²) in [5.41, 5.74) is 0.839. The second-order valence-electron chi connectivity index (χ2n) is 8.77. The Kier molecular flexibility index (Phi) is 10.5. The van der Waals surface area contributed by atoms with Crippen LogP contribution in [0.2, 0.25) is 10.0 Å². The third-order valence-corrected chi connectivity index (χ3v) is 8.52. The zero-order valence-electron chi connectivity index (χ0n) is 21.7. The minimum atomic E-state index is -3.87. The molecule has 2 aromatic rings. The van der Waals surface area contributed by atoms with E-state index in [-0.39, 0.29) is 30.7 Å². The summed E-state index contributed by atoms with van der Waals surface area (Å²) in [5.74, 6) is -0.219. The zero-order valence-corrected chi connectivity index (χ0v) is 24.0. The maximum absolute atomic E-state index is 13.9. The van der Waals surface area contributed by atoms with Crippen LogP contribution >= 0.6 is 23.2 Å². The number of nitrogens with zero attached hydrogens (tertiary/aromatic N) is 2. The van der Waals surface area contributed by atoms with E-state index < -0.39 is 28.5 Å². The molecule has 0 fully saturated rings. The molecule has 1 atom stereocenters. The fraction of sp³-hybridized carbons (Fsp3) is 0.462. The van der Waals surface area contributed by atoms with Crippen molar-refractivity contribution in [1.82, 2.24) is 10.2 Å². The van der Waals surface area contributed by atoms with Crippen LogP contribution in [0.1, 0.15) is 45.6 Å². The van der Waals surface area contributed by atoms with Crippen LogP contribution in [0.4, 0.5) is 5.69 Å². The van der Waals surface area contributed by atoms with Crippen molar-refractivity contribution in [2.75, 3.05) is 29.9 Å². The van der Waals surface area contributed by atoms with Gasteiger partial charge in [-0.25, -0.2) is 8.42 Å². The van der Waals surface area contributed by atoms with Crippen LogP contribution in [0.3, 0.4) is 0 Å². The molecule has 38 heavy (non-hydrogen) atoms. The monoisotopic (exact) mass is 585 g/mol. The van der Waals surface area contributed by atoms with Crippen molar-refractivity contribution >= 4 is 50.7 Å². The Labute approximate surface area is 234 Å². The van der Waals surface area contributed by atoms with Gasteiger partial charge in [0.15, 0.2) is 11.5 Å². The molecule has 1 N–H and O–H groups in total. The van der Waals surface area contributed by atoms with Crippen LogP contribution in [0.25, 0.3) is 0 Å². The standard InChI is InChI=1S/C26H33Cl2N3O6S/c1-4-7-12-29-26(33)22(5-2)30(15-18-8-9-19(27)13-21(18)28)25(32)16-31(38(34,35)6-3)20-10-11-23-24(14-20)37-17-36-23/h8-11,13-14,22H,4-7,12,15-17H2,1-3H3,(H,29,33)/t22-/m0/s1. The quantitative estimate of drug-likeness (QED) is 0.344. The van der Waals surface area contributed by atoms with Crippen LogP contribution in [0.5, 0.6) is 11.5 Å². The molecule has 1 aliphatic heterocycles. The first-order valence-electron chi connectivity index (χ1n) is 12.5. The molecule has 0 radical (unpaired) electrons. The van der Waals surface area contributed by atoms with E-state index in [9.17, 15) is 18.0 Å². The van der Waals surface area contributed by atoms with Crippen LogP contribution in [0, 0.1) is 0 Å². The number of ether oxygens (including phenoxy) is 2. The number of rotatable bonds is 13. The van der Waals surface area contributed by atoms with Crippen LogP contribution in [-0.4, -0.2) is 56.8 Å². The van der Waals surface area contributed by atoms with Gasteiger partial charge in [-0.05, 0) is 49.6 Å². The molecule has 208 valence electrons. The van der Waals surface area contributed by atoms with Gasteiger partial charge in [-0.2, -0.15) is 0 Å². The molecule has 0 aliphatic carbocycles. The summed E-state index contributed by atoms with van der Waals surface area (Å²) >= 11 is 12.5. The predicted octanol–water partition coefficient (Wildman–Crippen LogP) is 4.60. The number of unbranched alkanes of at least 4 members (excludes halogenated alkanes) is 1. The van der Waals surface area contributed by atoms with E-state index in [1.807, 2.05) is 6.92 Å². The summed E-state index contributed by atoms with van der Waals surface area (Å²) < 4.78 is 38.0. The number of anilines is 1. The molecule has 2 amide bonds. The molecule has 0 aromatic heterocycles. The number of nitrogens with one attached hydrogen (secondary N) is 1. The summed E-state index contributed by atoms with van der Waals surface area (Å²) in [6.07, 6.45) is 2.02. The molecule has 0 saturated carbocycles. The van der Waals surface area contributed by atoms with E-state index in [2.05, 4.69) is 5.32 Å². The third kappa shape index (κ3) is 7.24. The Balaban J connectivity index is 1.97. The van der Waals surface area contributed by atoms with Crippen molar-refractivity contribution in [2.24, 2.45) is 0 Å². The molecule has 0 unspecified atom stereocenters. The number of benzene rings is 2. The highest BCUT2D eigenvalue weighted by Gasteiger charge is 2.33. The highest BCUT2D eigenvalue weighted by molar-refractivity contribution is 7.92. The molecule has 1 aliphatic rings. The maximum Gasteiger partial charge on any atom is 0.244 e. The van der Waals surface area contributed by atoms with E-state index in [0.29, 0.717) is 40.1 Å². The number of carbonyl (C=O) groups excluding carboxylic acids is 2. The van der Waals surface area contributed by atoms with Crippen molar-refractivity contribution in [3.05, 3.63) is 52.0 Å². The lowest BCUT2D eigenvalue weighted by Crippen LogP contribution is -2.52. The van der Waals surface area contributed by atoms with Gasteiger partial charge in [0.25, 0.3) is 0 Å². The number of hydrogen-bond acceptors (Lipinski definition) is 6. The molecular weight excluding hydrogens is 553 g/mol. The fourth-order valence-electron chi connectivity index (χ4n) is 4.02. The van der Waals surface area contributed by atoms with Crippen molar-refractivity contribution in [3.8, 4) is 11.5 Å². The summed E-state index contributed by atoms with van der Waals surface area (Å²) in [5, 5.41) is 3.66.